The molecule has 0 radical (unpaired) electrons. The standard InChI is InChI=1S/C12H13ClFN3/c1-7-12(8(2)17-16-7)15-6-9-3-4-10(14)5-11(9)13/h3-5,15H,6H2,1-2H3,(H,16,17). The fourth-order valence-corrected chi connectivity index (χ4v) is 1.89. The maximum atomic E-state index is 12.9. The Balaban J connectivity index is 2.13. The summed E-state index contributed by atoms with van der Waals surface area (Å²) in [6, 6.07) is 4.39. The number of nitrogens with zero attached hydrogens (tertiary/aromatic N) is 1. The normalized spacial score (nSPS) is 10.6. The number of rotatable bonds is 3. The quantitative estimate of drug-likeness (QED) is 0.880. The smallest absolute Gasteiger partial charge is 0.124 e. The van der Waals surface area contributed by atoms with Gasteiger partial charge in [-0.3, -0.25) is 5.10 Å². The first-order valence-corrected chi connectivity index (χ1v) is 5.65. The number of hydrogen-bond acceptors (Lipinski definition) is 2. The lowest BCUT2D eigenvalue weighted by atomic mass is 10.2. The molecule has 1 aromatic heterocycles. The molecule has 0 amide bonds. The zero-order valence-electron chi connectivity index (χ0n) is 9.64. The lowest BCUT2D eigenvalue weighted by Gasteiger charge is -2.08. The number of halogens is 2. The molecule has 90 valence electrons. The van der Waals surface area contributed by atoms with E-state index in [9.17, 15) is 4.39 Å². The van der Waals surface area contributed by atoms with E-state index in [-0.39, 0.29) is 5.82 Å². The summed E-state index contributed by atoms with van der Waals surface area (Å²) in [7, 11) is 0. The molecule has 0 spiro atoms. The molecule has 0 aliphatic rings. The van der Waals surface area contributed by atoms with Crippen LogP contribution in [0.5, 0.6) is 0 Å². The molecule has 0 saturated heterocycles. The Morgan fingerprint density at radius 1 is 1.41 bits per heavy atom. The van der Waals surface area contributed by atoms with E-state index in [4.69, 9.17) is 11.6 Å². The molecule has 0 fully saturated rings. The first-order chi connectivity index (χ1) is 8.08. The van der Waals surface area contributed by atoms with Crippen LogP contribution in [0.2, 0.25) is 5.02 Å². The Hall–Kier alpha value is -1.55. The van der Waals surface area contributed by atoms with E-state index in [1.165, 1.54) is 12.1 Å². The second-order valence-corrected chi connectivity index (χ2v) is 4.31. The molecular formula is C12H13ClFN3. The van der Waals surface area contributed by atoms with Gasteiger partial charge in [0.25, 0.3) is 0 Å². The van der Waals surface area contributed by atoms with E-state index in [1.54, 1.807) is 6.07 Å². The fraction of sp³-hybridized carbons (Fsp3) is 0.250. The van der Waals surface area contributed by atoms with Gasteiger partial charge in [-0.15, -0.1) is 0 Å². The molecule has 0 saturated carbocycles. The molecule has 1 heterocycles. The van der Waals surface area contributed by atoms with Crippen molar-refractivity contribution in [3.63, 3.8) is 0 Å². The highest BCUT2D eigenvalue weighted by molar-refractivity contribution is 6.31. The Morgan fingerprint density at radius 2 is 2.18 bits per heavy atom. The number of aromatic nitrogens is 2. The molecule has 2 aromatic rings. The molecular weight excluding hydrogens is 241 g/mol. The van der Waals surface area contributed by atoms with E-state index >= 15 is 0 Å². The third-order valence-corrected chi connectivity index (χ3v) is 2.95. The summed E-state index contributed by atoms with van der Waals surface area (Å²) in [6.45, 7) is 4.40. The number of nitrogens with one attached hydrogen (secondary N) is 2. The first kappa shape index (κ1) is 11.9. The zero-order valence-corrected chi connectivity index (χ0v) is 10.4. The third-order valence-electron chi connectivity index (χ3n) is 2.60. The summed E-state index contributed by atoms with van der Waals surface area (Å²) in [6.07, 6.45) is 0. The minimum atomic E-state index is -0.325. The van der Waals surface area contributed by atoms with Gasteiger partial charge in [0.15, 0.2) is 0 Å². The SMILES string of the molecule is Cc1n[nH]c(C)c1NCc1ccc(F)cc1Cl. The van der Waals surface area contributed by atoms with Crippen LogP contribution in [-0.4, -0.2) is 10.2 Å². The highest BCUT2D eigenvalue weighted by Crippen LogP contribution is 2.21. The molecule has 0 bridgehead atoms. The van der Waals surface area contributed by atoms with Gasteiger partial charge in [0.05, 0.1) is 17.1 Å². The summed E-state index contributed by atoms with van der Waals surface area (Å²) in [5, 5.41) is 10.6. The van der Waals surface area contributed by atoms with Crippen LogP contribution in [-0.2, 0) is 6.54 Å². The van der Waals surface area contributed by atoms with Crippen molar-refractivity contribution < 1.29 is 4.39 Å². The summed E-state index contributed by atoms with van der Waals surface area (Å²) in [5.74, 6) is -0.325. The van der Waals surface area contributed by atoms with E-state index in [1.807, 2.05) is 13.8 Å². The second kappa shape index (κ2) is 4.75. The van der Waals surface area contributed by atoms with Crippen LogP contribution in [0.25, 0.3) is 0 Å². The van der Waals surface area contributed by atoms with Crippen molar-refractivity contribution >= 4 is 17.3 Å². The van der Waals surface area contributed by atoms with Crippen LogP contribution in [0.4, 0.5) is 10.1 Å². The average molecular weight is 254 g/mol. The Morgan fingerprint density at radius 3 is 2.76 bits per heavy atom. The van der Waals surface area contributed by atoms with Gasteiger partial charge >= 0.3 is 0 Å². The topological polar surface area (TPSA) is 40.7 Å². The summed E-state index contributed by atoms with van der Waals surface area (Å²) < 4.78 is 12.9. The molecule has 17 heavy (non-hydrogen) atoms. The predicted octanol–water partition coefficient (Wildman–Crippen LogP) is 3.43. The van der Waals surface area contributed by atoms with Crippen LogP contribution < -0.4 is 5.32 Å². The summed E-state index contributed by atoms with van der Waals surface area (Å²) in [5.41, 5.74) is 3.69. The van der Waals surface area contributed by atoms with Crippen molar-refractivity contribution in [3.05, 3.63) is 46.0 Å². The number of anilines is 1. The fourth-order valence-electron chi connectivity index (χ4n) is 1.66. The van der Waals surface area contributed by atoms with Crippen LogP contribution in [0.1, 0.15) is 17.0 Å². The molecule has 2 N–H and O–H groups in total. The van der Waals surface area contributed by atoms with Crippen molar-refractivity contribution in [1.29, 1.82) is 0 Å². The zero-order chi connectivity index (χ0) is 12.4. The highest BCUT2D eigenvalue weighted by Gasteiger charge is 2.07. The van der Waals surface area contributed by atoms with Gasteiger partial charge in [0.2, 0.25) is 0 Å². The highest BCUT2D eigenvalue weighted by atomic mass is 35.5. The van der Waals surface area contributed by atoms with Crippen molar-refractivity contribution in [2.24, 2.45) is 0 Å². The lowest BCUT2D eigenvalue weighted by Crippen LogP contribution is -2.02. The van der Waals surface area contributed by atoms with E-state index < -0.39 is 0 Å². The van der Waals surface area contributed by atoms with Crippen LogP contribution in [0.15, 0.2) is 18.2 Å². The van der Waals surface area contributed by atoms with Gasteiger partial charge in [0, 0.05) is 11.6 Å². The third kappa shape index (κ3) is 2.58. The lowest BCUT2D eigenvalue weighted by molar-refractivity contribution is 0.627. The first-order valence-electron chi connectivity index (χ1n) is 5.27. The molecule has 0 unspecified atom stereocenters. The van der Waals surface area contributed by atoms with Crippen molar-refractivity contribution in [3.8, 4) is 0 Å². The molecule has 2 rings (SSSR count). The molecule has 0 aliphatic heterocycles. The van der Waals surface area contributed by atoms with Crippen LogP contribution >= 0.6 is 11.6 Å². The molecule has 5 heteroatoms. The Kier molecular flexibility index (Phi) is 3.33. The molecule has 3 nitrogen and oxygen atoms in total. The maximum absolute atomic E-state index is 12.9. The average Bonchev–Trinajstić information content (AvgIpc) is 2.58. The van der Waals surface area contributed by atoms with Crippen molar-refractivity contribution in [2.45, 2.75) is 20.4 Å². The second-order valence-electron chi connectivity index (χ2n) is 3.90. The monoisotopic (exact) mass is 253 g/mol. The van der Waals surface area contributed by atoms with Crippen LogP contribution in [0.3, 0.4) is 0 Å². The number of hydrogen-bond donors (Lipinski definition) is 2. The molecule has 0 aliphatic carbocycles. The minimum absolute atomic E-state index is 0.325. The van der Waals surface area contributed by atoms with Gasteiger partial charge in [0.1, 0.15) is 5.82 Å². The van der Waals surface area contributed by atoms with Crippen LogP contribution in [0, 0.1) is 19.7 Å². The summed E-state index contributed by atoms with van der Waals surface area (Å²) >= 11 is 5.95. The van der Waals surface area contributed by atoms with Gasteiger partial charge in [-0.2, -0.15) is 5.10 Å². The predicted molar refractivity (Wildman–Crippen MR) is 66.8 cm³/mol. The van der Waals surface area contributed by atoms with Gasteiger partial charge in [-0.25, -0.2) is 4.39 Å². The number of benzene rings is 1. The largest absolute Gasteiger partial charge is 0.378 e. The number of aryl methyl sites for hydroxylation is 2. The molecule has 1 aromatic carbocycles. The maximum Gasteiger partial charge on any atom is 0.124 e. The van der Waals surface area contributed by atoms with Gasteiger partial charge in [-0.1, -0.05) is 17.7 Å². The van der Waals surface area contributed by atoms with Gasteiger partial charge in [-0.05, 0) is 31.5 Å². The van der Waals surface area contributed by atoms with E-state index in [0.717, 1.165) is 22.6 Å². The Labute approximate surface area is 104 Å². The Bertz CT molecular complexity index is 517. The number of aromatic amines is 1. The van der Waals surface area contributed by atoms with Gasteiger partial charge < -0.3 is 5.32 Å². The minimum Gasteiger partial charge on any atom is -0.378 e. The van der Waals surface area contributed by atoms with Crippen molar-refractivity contribution in [2.75, 3.05) is 5.32 Å². The van der Waals surface area contributed by atoms with E-state index in [2.05, 4.69) is 15.5 Å². The van der Waals surface area contributed by atoms with Crippen molar-refractivity contribution in [1.82, 2.24) is 10.2 Å². The summed E-state index contributed by atoms with van der Waals surface area (Å²) in [4.78, 5) is 0. The number of H-pyrrole nitrogens is 1. The van der Waals surface area contributed by atoms with E-state index in [0.29, 0.717) is 11.6 Å². The molecule has 0 atom stereocenters.